The summed E-state index contributed by atoms with van der Waals surface area (Å²) in [5, 5.41) is 12.6. The molecule has 0 bridgehead atoms. The van der Waals surface area contributed by atoms with E-state index in [4.69, 9.17) is 0 Å². The summed E-state index contributed by atoms with van der Waals surface area (Å²) in [5.74, 6) is -0.693. The lowest BCUT2D eigenvalue weighted by Gasteiger charge is -2.44. The van der Waals surface area contributed by atoms with Gasteiger partial charge in [0.05, 0.1) is 0 Å². The summed E-state index contributed by atoms with van der Waals surface area (Å²) in [7, 11) is 1.79. The molecule has 1 saturated carbocycles. The first-order valence-electron chi connectivity index (χ1n) is 8.15. The van der Waals surface area contributed by atoms with Crippen LogP contribution in [0.15, 0.2) is 0 Å². The molecule has 0 amide bonds. The third kappa shape index (κ3) is 4.19. The quantitative estimate of drug-likeness (QED) is 0.673. The lowest BCUT2D eigenvalue weighted by Crippen LogP contribution is -2.58. The van der Waals surface area contributed by atoms with Crippen molar-refractivity contribution in [3.63, 3.8) is 0 Å². The first kappa shape index (κ1) is 17.4. The van der Waals surface area contributed by atoms with Crippen LogP contribution in [0.3, 0.4) is 0 Å². The van der Waals surface area contributed by atoms with Gasteiger partial charge in [-0.2, -0.15) is 0 Å². The number of carboxylic acids is 1. The Hall–Kier alpha value is -0.610. The second-order valence-electron chi connectivity index (χ2n) is 6.43. The molecule has 2 N–H and O–H groups in total. The van der Waals surface area contributed by atoms with E-state index < -0.39 is 11.5 Å². The zero-order valence-electron chi connectivity index (χ0n) is 13.6. The number of hydrogen-bond acceptors (Lipinski definition) is 3. The zero-order valence-corrected chi connectivity index (χ0v) is 13.6. The third-order valence-electron chi connectivity index (χ3n) is 4.77. The van der Waals surface area contributed by atoms with Gasteiger partial charge in [-0.3, -0.25) is 9.69 Å². The van der Waals surface area contributed by atoms with E-state index in [-0.39, 0.29) is 0 Å². The van der Waals surface area contributed by atoms with Gasteiger partial charge in [-0.15, -0.1) is 0 Å². The van der Waals surface area contributed by atoms with Gasteiger partial charge < -0.3 is 10.4 Å². The number of unbranched alkanes of at least 4 members (excludes halogenated alkanes) is 2. The first-order chi connectivity index (χ1) is 9.46. The van der Waals surface area contributed by atoms with E-state index in [2.05, 4.69) is 31.0 Å². The lowest BCUT2D eigenvalue weighted by atomic mass is 9.78. The number of nitrogens with zero attached hydrogens (tertiary/aromatic N) is 1. The standard InChI is InChI=1S/C16H32N2O2/c1-5-6-7-11-18(13(2)3)14-9-8-10-16(12-14,17-4)15(19)20/h13-14,17H,5-12H2,1-4H3,(H,19,20). The second-order valence-corrected chi connectivity index (χ2v) is 6.43. The van der Waals surface area contributed by atoms with Crippen LogP contribution in [-0.4, -0.2) is 47.2 Å². The molecule has 4 nitrogen and oxygen atoms in total. The van der Waals surface area contributed by atoms with E-state index in [1.54, 1.807) is 7.05 Å². The highest BCUT2D eigenvalue weighted by Gasteiger charge is 2.43. The number of hydrogen-bond donors (Lipinski definition) is 2. The molecule has 0 aromatic heterocycles. The van der Waals surface area contributed by atoms with Gasteiger partial charge in [0.25, 0.3) is 0 Å². The fourth-order valence-corrected chi connectivity index (χ4v) is 3.46. The SMILES string of the molecule is CCCCCN(C(C)C)C1CCCC(NC)(C(=O)O)C1. The molecule has 0 radical (unpaired) electrons. The van der Waals surface area contributed by atoms with Crippen LogP contribution in [0, 0.1) is 0 Å². The van der Waals surface area contributed by atoms with E-state index in [1.807, 2.05) is 0 Å². The van der Waals surface area contributed by atoms with Crippen molar-refractivity contribution in [2.45, 2.75) is 83.3 Å². The number of carbonyl (C=O) groups is 1. The highest BCUT2D eigenvalue weighted by Crippen LogP contribution is 2.32. The number of likely N-dealkylation sites (N-methyl/N-ethyl adjacent to an activating group) is 1. The van der Waals surface area contributed by atoms with Crippen LogP contribution in [0.5, 0.6) is 0 Å². The van der Waals surface area contributed by atoms with Gasteiger partial charge in [0.15, 0.2) is 0 Å². The Kier molecular flexibility index (Phi) is 6.96. The van der Waals surface area contributed by atoms with Crippen molar-refractivity contribution in [1.29, 1.82) is 0 Å². The van der Waals surface area contributed by atoms with E-state index in [1.165, 1.54) is 19.3 Å². The van der Waals surface area contributed by atoms with Crippen molar-refractivity contribution < 1.29 is 9.90 Å². The van der Waals surface area contributed by atoms with Gasteiger partial charge in [0.1, 0.15) is 5.54 Å². The maximum Gasteiger partial charge on any atom is 0.323 e. The van der Waals surface area contributed by atoms with Gasteiger partial charge in [-0.05, 0) is 59.5 Å². The Morgan fingerprint density at radius 3 is 2.65 bits per heavy atom. The third-order valence-corrected chi connectivity index (χ3v) is 4.77. The van der Waals surface area contributed by atoms with Gasteiger partial charge in [-0.1, -0.05) is 19.8 Å². The minimum Gasteiger partial charge on any atom is -0.480 e. The molecule has 2 unspecified atom stereocenters. The topological polar surface area (TPSA) is 52.6 Å². The largest absolute Gasteiger partial charge is 0.480 e. The second kappa shape index (κ2) is 7.99. The maximum absolute atomic E-state index is 11.6. The van der Waals surface area contributed by atoms with Crippen LogP contribution in [-0.2, 0) is 4.79 Å². The molecule has 0 spiro atoms. The van der Waals surface area contributed by atoms with Crippen molar-refractivity contribution in [3.05, 3.63) is 0 Å². The summed E-state index contributed by atoms with van der Waals surface area (Å²) in [6, 6.07) is 0.877. The van der Waals surface area contributed by atoms with Gasteiger partial charge in [0, 0.05) is 12.1 Å². The van der Waals surface area contributed by atoms with E-state index in [0.29, 0.717) is 12.1 Å². The molecular formula is C16H32N2O2. The number of aliphatic carboxylic acids is 1. The van der Waals surface area contributed by atoms with Crippen molar-refractivity contribution in [2.75, 3.05) is 13.6 Å². The van der Waals surface area contributed by atoms with Crippen molar-refractivity contribution in [1.82, 2.24) is 10.2 Å². The molecule has 0 aromatic rings. The number of carboxylic acid groups (broad SMARTS) is 1. The summed E-state index contributed by atoms with van der Waals surface area (Å²) in [4.78, 5) is 14.1. The Bertz CT molecular complexity index is 307. The van der Waals surface area contributed by atoms with Gasteiger partial charge >= 0.3 is 5.97 Å². The molecular weight excluding hydrogens is 252 g/mol. The molecule has 1 aliphatic rings. The Morgan fingerprint density at radius 2 is 2.15 bits per heavy atom. The molecule has 1 aliphatic carbocycles. The zero-order chi connectivity index (χ0) is 15.2. The van der Waals surface area contributed by atoms with E-state index in [9.17, 15) is 9.90 Å². The Morgan fingerprint density at radius 1 is 1.45 bits per heavy atom. The summed E-state index contributed by atoms with van der Waals surface area (Å²) in [6.07, 6.45) is 7.29. The minimum absolute atomic E-state index is 0.393. The van der Waals surface area contributed by atoms with Crippen molar-refractivity contribution in [2.24, 2.45) is 0 Å². The fourth-order valence-electron chi connectivity index (χ4n) is 3.46. The Balaban J connectivity index is 2.73. The average molecular weight is 284 g/mol. The summed E-state index contributed by atoms with van der Waals surface area (Å²) in [6.45, 7) is 7.76. The molecule has 2 atom stereocenters. The molecule has 0 heterocycles. The maximum atomic E-state index is 11.6. The predicted octanol–water partition coefficient (Wildman–Crippen LogP) is 2.87. The predicted molar refractivity (Wildman–Crippen MR) is 83.0 cm³/mol. The Labute approximate surface area is 123 Å². The normalized spacial score (nSPS) is 27.2. The highest BCUT2D eigenvalue weighted by molar-refractivity contribution is 5.79. The minimum atomic E-state index is -0.721. The van der Waals surface area contributed by atoms with Gasteiger partial charge in [-0.25, -0.2) is 0 Å². The summed E-state index contributed by atoms with van der Waals surface area (Å²) < 4.78 is 0. The van der Waals surface area contributed by atoms with E-state index in [0.717, 1.165) is 32.2 Å². The summed E-state index contributed by atoms with van der Waals surface area (Å²) >= 11 is 0. The fraction of sp³-hybridized carbons (Fsp3) is 0.938. The van der Waals surface area contributed by atoms with E-state index >= 15 is 0 Å². The smallest absolute Gasteiger partial charge is 0.323 e. The van der Waals surface area contributed by atoms with Crippen molar-refractivity contribution in [3.8, 4) is 0 Å². The number of rotatable bonds is 8. The van der Waals surface area contributed by atoms with Crippen LogP contribution in [0.25, 0.3) is 0 Å². The molecule has 0 aliphatic heterocycles. The molecule has 0 saturated heterocycles. The molecule has 1 fully saturated rings. The highest BCUT2D eigenvalue weighted by atomic mass is 16.4. The van der Waals surface area contributed by atoms with Crippen LogP contribution >= 0.6 is 0 Å². The monoisotopic (exact) mass is 284 g/mol. The van der Waals surface area contributed by atoms with Crippen LogP contribution in [0.2, 0.25) is 0 Å². The molecule has 118 valence electrons. The molecule has 0 aromatic carbocycles. The lowest BCUT2D eigenvalue weighted by molar-refractivity contribution is -0.147. The summed E-state index contributed by atoms with van der Waals surface area (Å²) in [5.41, 5.74) is -0.721. The molecule has 1 rings (SSSR count). The van der Waals surface area contributed by atoms with Crippen LogP contribution in [0.4, 0.5) is 0 Å². The van der Waals surface area contributed by atoms with Crippen LogP contribution < -0.4 is 5.32 Å². The molecule has 20 heavy (non-hydrogen) atoms. The van der Waals surface area contributed by atoms with Gasteiger partial charge in [0.2, 0.25) is 0 Å². The first-order valence-corrected chi connectivity index (χ1v) is 8.15. The number of nitrogens with one attached hydrogen (secondary N) is 1. The van der Waals surface area contributed by atoms with Crippen molar-refractivity contribution >= 4 is 5.97 Å². The average Bonchev–Trinajstić information content (AvgIpc) is 2.43. The van der Waals surface area contributed by atoms with Crippen LogP contribution in [0.1, 0.15) is 65.7 Å². The molecule has 4 heteroatoms.